The Balaban J connectivity index is 0.00000225. The molecule has 1 aromatic carbocycles. The van der Waals surface area contributed by atoms with Gasteiger partial charge in [-0.2, -0.15) is 0 Å². The number of amides is 1. The first-order valence-corrected chi connectivity index (χ1v) is 8.60. The van der Waals surface area contributed by atoms with Crippen LogP contribution in [-0.4, -0.2) is 33.9 Å². The second-order valence-electron chi connectivity index (χ2n) is 6.42. The predicted octanol–water partition coefficient (Wildman–Crippen LogP) is 2.07. The maximum Gasteiger partial charge on any atom is 0.258 e. The van der Waals surface area contributed by atoms with Crippen LogP contribution in [0.25, 0.3) is 10.9 Å². The molecule has 2 aromatic rings. The van der Waals surface area contributed by atoms with Crippen LogP contribution in [0.5, 0.6) is 0 Å². The third-order valence-electron chi connectivity index (χ3n) is 4.97. The van der Waals surface area contributed by atoms with Crippen molar-refractivity contribution in [3.63, 3.8) is 0 Å². The number of carbonyl (C=O) groups excluding carboxylic acids is 1. The third-order valence-corrected chi connectivity index (χ3v) is 4.97. The van der Waals surface area contributed by atoms with Crippen LogP contribution in [0.4, 0.5) is 0 Å². The predicted molar refractivity (Wildman–Crippen MR) is 101 cm³/mol. The number of para-hydroxylation sites is 1. The molecule has 2 atom stereocenters. The zero-order chi connectivity index (χ0) is 17.1. The Morgan fingerprint density at radius 1 is 1.36 bits per heavy atom. The molecule has 0 aliphatic heterocycles. The first-order valence-electron chi connectivity index (χ1n) is 8.60. The van der Waals surface area contributed by atoms with Crippen LogP contribution < -0.4 is 11.3 Å². The summed E-state index contributed by atoms with van der Waals surface area (Å²) in [5.41, 5.74) is 6.29. The molecule has 6 nitrogen and oxygen atoms in total. The minimum absolute atomic E-state index is 0. The van der Waals surface area contributed by atoms with Gasteiger partial charge in [0.15, 0.2) is 0 Å². The van der Waals surface area contributed by atoms with E-state index in [9.17, 15) is 9.59 Å². The van der Waals surface area contributed by atoms with Crippen molar-refractivity contribution < 1.29 is 4.79 Å². The molecule has 0 saturated heterocycles. The van der Waals surface area contributed by atoms with Crippen molar-refractivity contribution in [2.45, 2.75) is 32.7 Å². The highest BCUT2D eigenvalue weighted by atomic mass is 35.5. The number of rotatable bonds is 5. The third kappa shape index (κ3) is 4.02. The second-order valence-corrected chi connectivity index (χ2v) is 6.42. The fourth-order valence-electron chi connectivity index (χ4n) is 3.61. The van der Waals surface area contributed by atoms with E-state index in [2.05, 4.69) is 9.97 Å². The summed E-state index contributed by atoms with van der Waals surface area (Å²) in [5, 5.41) is 0.564. The smallest absolute Gasteiger partial charge is 0.258 e. The van der Waals surface area contributed by atoms with Gasteiger partial charge in [-0.1, -0.05) is 18.6 Å². The van der Waals surface area contributed by atoms with E-state index in [-0.39, 0.29) is 35.7 Å². The summed E-state index contributed by atoms with van der Waals surface area (Å²) in [6.07, 6.45) is 2.98. The number of fused-ring (bicyclic) bond motifs is 1. The van der Waals surface area contributed by atoms with Gasteiger partial charge in [0.05, 0.1) is 17.4 Å². The van der Waals surface area contributed by atoms with Gasteiger partial charge in [0, 0.05) is 12.5 Å². The van der Waals surface area contributed by atoms with Crippen LogP contribution in [0.2, 0.25) is 0 Å². The zero-order valence-corrected chi connectivity index (χ0v) is 15.2. The molecule has 1 heterocycles. The van der Waals surface area contributed by atoms with Gasteiger partial charge in [0.25, 0.3) is 5.56 Å². The van der Waals surface area contributed by atoms with Gasteiger partial charge >= 0.3 is 0 Å². The summed E-state index contributed by atoms with van der Waals surface area (Å²) in [4.78, 5) is 34.1. The van der Waals surface area contributed by atoms with Crippen LogP contribution in [0.15, 0.2) is 29.1 Å². The highest BCUT2D eigenvalue weighted by molar-refractivity contribution is 5.85. The Kier molecular flexibility index (Phi) is 6.56. The van der Waals surface area contributed by atoms with Crippen LogP contribution in [0, 0.1) is 11.8 Å². The summed E-state index contributed by atoms with van der Waals surface area (Å²) < 4.78 is 0. The quantitative estimate of drug-likeness (QED) is 0.849. The molecule has 1 aromatic heterocycles. The van der Waals surface area contributed by atoms with Gasteiger partial charge in [0.2, 0.25) is 5.91 Å². The van der Waals surface area contributed by atoms with E-state index in [0.29, 0.717) is 36.4 Å². The SMILES string of the molecule is CCN(Cc1nc2ccccc2c(=O)[nH]1)C(=O)[C@@H]1CCC[C@@H]1CN.Cl. The van der Waals surface area contributed by atoms with E-state index in [0.717, 1.165) is 19.3 Å². The standard InChI is InChI=1S/C18H24N4O2.ClH/c1-2-22(18(24)13-8-5-6-12(13)10-19)11-16-20-15-9-4-3-7-14(15)17(23)21-16;/h3-4,7,9,12-13H,2,5-6,8,10-11,19H2,1H3,(H,20,21,23);1H/t12-,13-;/m1./s1. The van der Waals surface area contributed by atoms with Crippen molar-refractivity contribution >= 4 is 29.2 Å². The molecule has 1 saturated carbocycles. The summed E-state index contributed by atoms with van der Waals surface area (Å²) in [6.45, 7) is 3.41. The molecule has 3 rings (SSSR count). The monoisotopic (exact) mass is 364 g/mol. The summed E-state index contributed by atoms with van der Waals surface area (Å²) >= 11 is 0. The van der Waals surface area contributed by atoms with Crippen molar-refractivity contribution in [2.24, 2.45) is 17.6 Å². The van der Waals surface area contributed by atoms with Crippen LogP contribution in [-0.2, 0) is 11.3 Å². The van der Waals surface area contributed by atoms with E-state index < -0.39 is 0 Å². The number of nitrogens with two attached hydrogens (primary N) is 1. The summed E-state index contributed by atoms with van der Waals surface area (Å²) in [7, 11) is 0. The lowest BCUT2D eigenvalue weighted by molar-refractivity contribution is -0.137. The van der Waals surface area contributed by atoms with Crippen LogP contribution >= 0.6 is 12.4 Å². The van der Waals surface area contributed by atoms with Crippen molar-refractivity contribution in [3.8, 4) is 0 Å². The van der Waals surface area contributed by atoms with E-state index in [1.165, 1.54) is 0 Å². The number of benzene rings is 1. The van der Waals surface area contributed by atoms with E-state index >= 15 is 0 Å². The number of nitrogens with one attached hydrogen (secondary N) is 1. The first kappa shape index (κ1) is 19.4. The molecule has 0 bridgehead atoms. The average molecular weight is 365 g/mol. The minimum Gasteiger partial charge on any atom is -0.335 e. The molecule has 7 heteroatoms. The number of hydrogen-bond donors (Lipinski definition) is 2. The Hall–Kier alpha value is -1.92. The Labute approximate surface area is 153 Å². The fraction of sp³-hybridized carbons (Fsp3) is 0.500. The van der Waals surface area contributed by atoms with Gasteiger partial charge in [-0.25, -0.2) is 4.98 Å². The molecule has 1 amide bonds. The molecule has 1 aliphatic carbocycles. The summed E-state index contributed by atoms with van der Waals surface area (Å²) in [6, 6.07) is 7.23. The molecule has 1 fully saturated rings. The van der Waals surface area contributed by atoms with Gasteiger partial charge in [-0.3, -0.25) is 9.59 Å². The Bertz CT molecular complexity index is 792. The van der Waals surface area contributed by atoms with Crippen LogP contribution in [0.3, 0.4) is 0 Å². The van der Waals surface area contributed by atoms with E-state index in [1.54, 1.807) is 11.0 Å². The Morgan fingerprint density at radius 3 is 2.84 bits per heavy atom. The van der Waals surface area contributed by atoms with Gasteiger partial charge in [-0.15, -0.1) is 12.4 Å². The van der Waals surface area contributed by atoms with E-state index in [1.807, 2.05) is 25.1 Å². The molecule has 0 spiro atoms. The number of aromatic amines is 1. The maximum atomic E-state index is 12.8. The average Bonchev–Trinajstić information content (AvgIpc) is 3.08. The number of halogens is 1. The molecule has 0 unspecified atom stereocenters. The highest BCUT2D eigenvalue weighted by Gasteiger charge is 2.34. The van der Waals surface area contributed by atoms with E-state index in [4.69, 9.17) is 5.73 Å². The molecule has 136 valence electrons. The summed E-state index contributed by atoms with van der Waals surface area (Å²) in [5.74, 6) is 0.926. The molecule has 0 radical (unpaired) electrons. The van der Waals surface area contributed by atoms with Crippen molar-refractivity contribution in [1.82, 2.24) is 14.9 Å². The molecular weight excluding hydrogens is 340 g/mol. The number of aromatic nitrogens is 2. The largest absolute Gasteiger partial charge is 0.335 e. The molecule has 3 N–H and O–H groups in total. The minimum atomic E-state index is -0.167. The second kappa shape index (κ2) is 8.45. The zero-order valence-electron chi connectivity index (χ0n) is 14.4. The molecule has 1 aliphatic rings. The number of carbonyl (C=O) groups is 1. The lowest BCUT2D eigenvalue weighted by Crippen LogP contribution is -2.39. The number of H-pyrrole nitrogens is 1. The number of nitrogens with zero attached hydrogens (tertiary/aromatic N) is 2. The molecular formula is C18H25ClN4O2. The lowest BCUT2D eigenvalue weighted by Gasteiger charge is -2.26. The van der Waals surface area contributed by atoms with Gasteiger partial charge in [-0.05, 0) is 44.4 Å². The van der Waals surface area contributed by atoms with Crippen LogP contribution in [0.1, 0.15) is 32.0 Å². The Morgan fingerprint density at radius 2 is 2.12 bits per heavy atom. The topological polar surface area (TPSA) is 92.1 Å². The number of hydrogen-bond acceptors (Lipinski definition) is 4. The van der Waals surface area contributed by atoms with Gasteiger partial charge in [0.1, 0.15) is 5.82 Å². The highest BCUT2D eigenvalue weighted by Crippen LogP contribution is 2.32. The fourth-order valence-corrected chi connectivity index (χ4v) is 3.61. The maximum absolute atomic E-state index is 12.8. The normalized spacial score (nSPS) is 19.6. The van der Waals surface area contributed by atoms with Crippen molar-refractivity contribution in [3.05, 3.63) is 40.4 Å². The van der Waals surface area contributed by atoms with Crippen molar-refractivity contribution in [1.29, 1.82) is 0 Å². The lowest BCUT2D eigenvalue weighted by atomic mass is 9.94. The molecule has 25 heavy (non-hydrogen) atoms. The van der Waals surface area contributed by atoms with Crippen molar-refractivity contribution in [2.75, 3.05) is 13.1 Å². The first-order chi connectivity index (χ1) is 11.6. The van der Waals surface area contributed by atoms with Gasteiger partial charge < -0.3 is 15.6 Å².